The van der Waals surface area contributed by atoms with Gasteiger partial charge in [-0.2, -0.15) is 0 Å². The molecule has 4 N–H and O–H groups in total. The lowest BCUT2D eigenvalue weighted by Crippen LogP contribution is -1.99. The molecule has 0 amide bonds. The molecule has 0 aliphatic heterocycles. The second-order valence-electron chi connectivity index (χ2n) is 3.37. The van der Waals surface area contributed by atoms with Gasteiger partial charge in [0.2, 0.25) is 0 Å². The van der Waals surface area contributed by atoms with Crippen molar-refractivity contribution < 1.29 is 4.79 Å². The molecule has 0 aliphatic rings. The Morgan fingerprint density at radius 2 is 1.75 bits per heavy atom. The standard InChI is InChI=1S/C12H11N3O/c13-11-6-5-10(12(14)15-11)9-4-2-1-3-8(9)7-16/h1-7H,(H4,13,14,15). The number of carbonyl (C=O) groups excluding carboxylic acids is 1. The molecule has 0 bridgehead atoms. The molecule has 1 heterocycles. The highest BCUT2D eigenvalue weighted by Crippen LogP contribution is 2.27. The minimum absolute atomic E-state index is 0.328. The third-order valence-electron chi connectivity index (χ3n) is 2.32. The van der Waals surface area contributed by atoms with Crippen LogP contribution in [0.1, 0.15) is 10.4 Å². The zero-order chi connectivity index (χ0) is 11.5. The Bertz CT molecular complexity index is 538. The fraction of sp³-hybridized carbons (Fsp3) is 0. The van der Waals surface area contributed by atoms with Gasteiger partial charge in [0.05, 0.1) is 0 Å². The van der Waals surface area contributed by atoms with Gasteiger partial charge < -0.3 is 11.5 Å². The number of anilines is 2. The van der Waals surface area contributed by atoms with E-state index in [9.17, 15) is 4.79 Å². The van der Waals surface area contributed by atoms with Gasteiger partial charge in [-0.05, 0) is 17.7 Å². The van der Waals surface area contributed by atoms with Crippen LogP contribution in [0.3, 0.4) is 0 Å². The molecule has 4 heteroatoms. The summed E-state index contributed by atoms with van der Waals surface area (Å²) in [5.74, 6) is 0.694. The van der Waals surface area contributed by atoms with Gasteiger partial charge in [0.25, 0.3) is 0 Å². The van der Waals surface area contributed by atoms with E-state index in [1.165, 1.54) is 0 Å². The van der Waals surface area contributed by atoms with Crippen LogP contribution < -0.4 is 11.5 Å². The van der Waals surface area contributed by atoms with E-state index in [2.05, 4.69) is 4.98 Å². The molecule has 0 aliphatic carbocycles. The van der Waals surface area contributed by atoms with Gasteiger partial charge in [0.15, 0.2) is 6.29 Å². The Balaban J connectivity index is 2.62. The van der Waals surface area contributed by atoms with Gasteiger partial charge in [-0.15, -0.1) is 0 Å². The maximum atomic E-state index is 10.9. The Hall–Kier alpha value is -2.36. The first-order valence-corrected chi connectivity index (χ1v) is 4.79. The smallest absolute Gasteiger partial charge is 0.150 e. The lowest BCUT2D eigenvalue weighted by molar-refractivity contribution is 0.112. The van der Waals surface area contributed by atoms with Crippen LogP contribution in [0.25, 0.3) is 11.1 Å². The number of aromatic nitrogens is 1. The SMILES string of the molecule is Nc1ccc(-c2ccccc2C=O)c(N)n1. The third kappa shape index (κ3) is 1.72. The molecule has 0 saturated carbocycles. The molecule has 0 unspecified atom stereocenters. The summed E-state index contributed by atoms with van der Waals surface area (Å²) in [5.41, 5.74) is 13.4. The maximum absolute atomic E-state index is 10.9. The Labute approximate surface area is 92.9 Å². The van der Waals surface area contributed by atoms with Crippen molar-refractivity contribution in [1.29, 1.82) is 0 Å². The van der Waals surface area contributed by atoms with E-state index in [-0.39, 0.29) is 0 Å². The van der Waals surface area contributed by atoms with Crippen molar-refractivity contribution in [2.45, 2.75) is 0 Å². The van der Waals surface area contributed by atoms with Crippen molar-refractivity contribution in [3.63, 3.8) is 0 Å². The topological polar surface area (TPSA) is 82.0 Å². The van der Waals surface area contributed by atoms with Crippen LogP contribution in [0.5, 0.6) is 0 Å². The summed E-state index contributed by atoms with van der Waals surface area (Å²) in [6.07, 6.45) is 0.797. The van der Waals surface area contributed by atoms with Crippen LogP contribution in [0, 0.1) is 0 Å². The van der Waals surface area contributed by atoms with Crippen molar-refractivity contribution in [3.8, 4) is 11.1 Å². The first-order chi connectivity index (χ1) is 7.72. The number of hydrogen-bond donors (Lipinski definition) is 2. The van der Waals surface area contributed by atoms with E-state index < -0.39 is 0 Å². The monoisotopic (exact) mass is 213 g/mol. The summed E-state index contributed by atoms with van der Waals surface area (Å²) in [7, 11) is 0. The first kappa shape index (κ1) is 10.2. The van der Waals surface area contributed by atoms with Crippen LogP contribution in [0.2, 0.25) is 0 Å². The minimum atomic E-state index is 0.328. The molecule has 0 radical (unpaired) electrons. The van der Waals surface area contributed by atoms with Crippen molar-refractivity contribution in [3.05, 3.63) is 42.0 Å². The number of carbonyl (C=O) groups is 1. The Morgan fingerprint density at radius 3 is 2.44 bits per heavy atom. The lowest BCUT2D eigenvalue weighted by atomic mass is 10.0. The molecule has 2 rings (SSSR count). The molecule has 4 nitrogen and oxygen atoms in total. The van der Waals surface area contributed by atoms with Crippen LogP contribution in [-0.4, -0.2) is 11.3 Å². The predicted octanol–water partition coefficient (Wildman–Crippen LogP) is 1.73. The van der Waals surface area contributed by atoms with Crippen LogP contribution in [0.15, 0.2) is 36.4 Å². The van der Waals surface area contributed by atoms with Crippen molar-refractivity contribution >= 4 is 17.9 Å². The van der Waals surface area contributed by atoms with Gasteiger partial charge >= 0.3 is 0 Å². The summed E-state index contributed by atoms with van der Waals surface area (Å²) in [6.45, 7) is 0. The number of nitrogen functional groups attached to an aromatic ring is 2. The van der Waals surface area contributed by atoms with E-state index in [4.69, 9.17) is 11.5 Å². The molecule has 1 aromatic heterocycles. The number of hydrogen-bond acceptors (Lipinski definition) is 4. The maximum Gasteiger partial charge on any atom is 0.150 e. The highest BCUT2D eigenvalue weighted by atomic mass is 16.1. The minimum Gasteiger partial charge on any atom is -0.384 e. The van der Waals surface area contributed by atoms with Crippen molar-refractivity contribution in [2.24, 2.45) is 0 Å². The summed E-state index contributed by atoms with van der Waals surface area (Å²) in [6, 6.07) is 10.6. The summed E-state index contributed by atoms with van der Waals surface area (Å²) < 4.78 is 0. The third-order valence-corrected chi connectivity index (χ3v) is 2.32. The highest BCUT2D eigenvalue weighted by Gasteiger charge is 2.07. The number of nitrogens with two attached hydrogens (primary N) is 2. The van der Waals surface area contributed by atoms with Crippen LogP contribution >= 0.6 is 0 Å². The van der Waals surface area contributed by atoms with Gasteiger partial charge in [0.1, 0.15) is 11.6 Å². The molecule has 0 spiro atoms. The van der Waals surface area contributed by atoms with E-state index in [0.717, 1.165) is 17.4 Å². The number of pyridine rings is 1. The molecule has 0 fully saturated rings. The van der Waals surface area contributed by atoms with Gasteiger partial charge in [-0.3, -0.25) is 4.79 Å². The molecular formula is C12H11N3O. The quantitative estimate of drug-likeness (QED) is 0.744. The van der Waals surface area contributed by atoms with Gasteiger partial charge in [-0.25, -0.2) is 4.98 Å². The number of benzene rings is 1. The largest absolute Gasteiger partial charge is 0.384 e. The molecule has 1 aromatic carbocycles. The number of nitrogens with zero attached hydrogens (tertiary/aromatic N) is 1. The molecule has 2 aromatic rings. The second kappa shape index (κ2) is 4.02. The zero-order valence-corrected chi connectivity index (χ0v) is 8.55. The Morgan fingerprint density at radius 1 is 1.00 bits per heavy atom. The van der Waals surface area contributed by atoms with Crippen LogP contribution in [-0.2, 0) is 0 Å². The molecular weight excluding hydrogens is 202 g/mol. The van der Waals surface area contributed by atoms with E-state index in [0.29, 0.717) is 17.2 Å². The van der Waals surface area contributed by atoms with Crippen molar-refractivity contribution in [1.82, 2.24) is 4.98 Å². The summed E-state index contributed by atoms with van der Waals surface area (Å²) in [5, 5.41) is 0. The van der Waals surface area contributed by atoms with Gasteiger partial charge in [-0.1, -0.05) is 24.3 Å². The van der Waals surface area contributed by atoms with Crippen LogP contribution in [0.4, 0.5) is 11.6 Å². The van der Waals surface area contributed by atoms with E-state index in [1.807, 2.05) is 12.1 Å². The van der Waals surface area contributed by atoms with Crippen molar-refractivity contribution in [2.75, 3.05) is 11.5 Å². The fourth-order valence-electron chi connectivity index (χ4n) is 1.56. The first-order valence-electron chi connectivity index (χ1n) is 4.79. The van der Waals surface area contributed by atoms with E-state index in [1.54, 1.807) is 24.3 Å². The predicted molar refractivity (Wildman–Crippen MR) is 63.9 cm³/mol. The highest BCUT2D eigenvalue weighted by molar-refractivity contribution is 5.90. The average molecular weight is 213 g/mol. The fourth-order valence-corrected chi connectivity index (χ4v) is 1.56. The van der Waals surface area contributed by atoms with Gasteiger partial charge in [0, 0.05) is 11.1 Å². The molecule has 0 saturated heterocycles. The number of rotatable bonds is 2. The average Bonchev–Trinajstić information content (AvgIpc) is 2.29. The molecule has 16 heavy (non-hydrogen) atoms. The van der Waals surface area contributed by atoms with E-state index >= 15 is 0 Å². The lowest BCUT2D eigenvalue weighted by Gasteiger charge is -2.07. The summed E-state index contributed by atoms with van der Waals surface area (Å²) in [4.78, 5) is 14.9. The number of aldehydes is 1. The normalized spacial score (nSPS) is 10.0. The zero-order valence-electron chi connectivity index (χ0n) is 8.55. The Kier molecular flexibility index (Phi) is 2.55. The molecule has 0 atom stereocenters. The second-order valence-corrected chi connectivity index (χ2v) is 3.37. The molecule has 80 valence electrons. The summed E-state index contributed by atoms with van der Waals surface area (Å²) >= 11 is 0.